The van der Waals surface area contributed by atoms with Crippen molar-refractivity contribution >= 4 is 0 Å². The van der Waals surface area contributed by atoms with Gasteiger partial charge < -0.3 is 5.11 Å². The predicted octanol–water partition coefficient (Wildman–Crippen LogP) is 2.75. The SMILES string of the molecule is CC=CCC(O)C(CC)CC. The first kappa shape index (κ1) is 10.7. The lowest BCUT2D eigenvalue weighted by Gasteiger charge is -2.17. The Morgan fingerprint density at radius 1 is 1.27 bits per heavy atom. The molecular formula is C10H20O. The van der Waals surface area contributed by atoms with Gasteiger partial charge in [0.15, 0.2) is 0 Å². The average molecular weight is 156 g/mol. The average Bonchev–Trinajstić information content (AvgIpc) is 2.03. The molecule has 1 atom stereocenters. The van der Waals surface area contributed by atoms with Crippen molar-refractivity contribution in [2.75, 3.05) is 0 Å². The van der Waals surface area contributed by atoms with Gasteiger partial charge in [0.05, 0.1) is 6.10 Å². The van der Waals surface area contributed by atoms with E-state index < -0.39 is 0 Å². The molecule has 1 nitrogen and oxygen atoms in total. The molecule has 0 fully saturated rings. The molecule has 0 aromatic rings. The number of allylic oxidation sites excluding steroid dienone is 1. The molecule has 0 saturated heterocycles. The van der Waals surface area contributed by atoms with Crippen molar-refractivity contribution in [3.05, 3.63) is 12.2 Å². The minimum atomic E-state index is -0.138. The van der Waals surface area contributed by atoms with Crippen LogP contribution >= 0.6 is 0 Å². The topological polar surface area (TPSA) is 20.2 Å². The van der Waals surface area contributed by atoms with Gasteiger partial charge in [0.2, 0.25) is 0 Å². The monoisotopic (exact) mass is 156 g/mol. The van der Waals surface area contributed by atoms with E-state index in [1.807, 2.05) is 19.1 Å². The first-order valence-corrected chi connectivity index (χ1v) is 4.55. The van der Waals surface area contributed by atoms with E-state index in [0.717, 1.165) is 19.3 Å². The van der Waals surface area contributed by atoms with E-state index >= 15 is 0 Å². The van der Waals surface area contributed by atoms with Crippen LogP contribution in [0.5, 0.6) is 0 Å². The van der Waals surface area contributed by atoms with Gasteiger partial charge in [-0.15, -0.1) is 0 Å². The maximum atomic E-state index is 9.59. The number of aliphatic hydroxyl groups is 1. The molecule has 0 aliphatic carbocycles. The maximum absolute atomic E-state index is 9.59. The summed E-state index contributed by atoms with van der Waals surface area (Å²) in [7, 11) is 0. The molecule has 1 heteroatoms. The lowest BCUT2D eigenvalue weighted by molar-refractivity contribution is 0.105. The predicted molar refractivity (Wildman–Crippen MR) is 49.5 cm³/mol. The Morgan fingerprint density at radius 3 is 2.18 bits per heavy atom. The van der Waals surface area contributed by atoms with Crippen LogP contribution < -0.4 is 0 Å². The van der Waals surface area contributed by atoms with Crippen LogP contribution in [0.1, 0.15) is 40.0 Å². The molecule has 1 unspecified atom stereocenters. The third-order valence-corrected chi connectivity index (χ3v) is 2.21. The molecule has 0 rings (SSSR count). The fourth-order valence-electron chi connectivity index (χ4n) is 1.30. The molecule has 11 heavy (non-hydrogen) atoms. The third-order valence-electron chi connectivity index (χ3n) is 2.21. The molecule has 0 aliphatic heterocycles. The van der Waals surface area contributed by atoms with Crippen LogP contribution in [0, 0.1) is 5.92 Å². The summed E-state index contributed by atoms with van der Waals surface area (Å²) in [4.78, 5) is 0. The molecule has 0 saturated carbocycles. The van der Waals surface area contributed by atoms with Gasteiger partial charge in [0, 0.05) is 0 Å². The summed E-state index contributed by atoms with van der Waals surface area (Å²) >= 11 is 0. The van der Waals surface area contributed by atoms with E-state index in [9.17, 15) is 5.11 Å². The molecule has 0 aromatic heterocycles. The number of aliphatic hydroxyl groups excluding tert-OH is 1. The highest BCUT2D eigenvalue weighted by molar-refractivity contribution is 4.82. The Morgan fingerprint density at radius 2 is 1.82 bits per heavy atom. The molecule has 0 radical (unpaired) electrons. The minimum Gasteiger partial charge on any atom is -0.393 e. The Labute approximate surface area is 70.1 Å². The summed E-state index contributed by atoms with van der Waals surface area (Å²) in [5, 5.41) is 9.59. The second-order valence-electron chi connectivity index (χ2n) is 2.95. The molecule has 66 valence electrons. The van der Waals surface area contributed by atoms with Crippen molar-refractivity contribution in [1.29, 1.82) is 0 Å². The minimum absolute atomic E-state index is 0.138. The molecule has 0 spiro atoms. The second kappa shape index (κ2) is 6.41. The van der Waals surface area contributed by atoms with E-state index in [1.54, 1.807) is 0 Å². The normalized spacial score (nSPS) is 14.6. The quantitative estimate of drug-likeness (QED) is 0.607. The van der Waals surface area contributed by atoms with Gasteiger partial charge in [-0.2, -0.15) is 0 Å². The van der Waals surface area contributed by atoms with Crippen LogP contribution in [0.4, 0.5) is 0 Å². The summed E-state index contributed by atoms with van der Waals surface area (Å²) in [5.74, 6) is 0.478. The van der Waals surface area contributed by atoms with Crippen LogP contribution in [-0.4, -0.2) is 11.2 Å². The zero-order chi connectivity index (χ0) is 8.69. The third kappa shape index (κ3) is 4.20. The highest BCUT2D eigenvalue weighted by atomic mass is 16.3. The number of hydrogen-bond acceptors (Lipinski definition) is 1. The molecule has 0 amide bonds. The molecule has 0 aliphatic rings. The van der Waals surface area contributed by atoms with Gasteiger partial charge in [-0.25, -0.2) is 0 Å². The molecule has 0 aromatic carbocycles. The fraction of sp³-hybridized carbons (Fsp3) is 0.800. The van der Waals surface area contributed by atoms with Crippen molar-refractivity contribution in [3.63, 3.8) is 0 Å². The van der Waals surface area contributed by atoms with Crippen molar-refractivity contribution in [2.45, 2.75) is 46.1 Å². The number of rotatable bonds is 5. The van der Waals surface area contributed by atoms with Crippen LogP contribution in [0.25, 0.3) is 0 Å². The van der Waals surface area contributed by atoms with Crippen LogP contribution in [0.2, 0.25) is 0 Å². The van der Waals surface area contributed by atoms with Gasteiger partial charge >= 0.3 is 0 Å². The van der Waals surface area contributed by atoms with Gasteiger partial charge in [-0.05, 0) is 19.3 Å². The van der Waals surface area contributed by atoms with E-state index in [1.165, 1.54) is 0 Å². The summed E-state index contributed by atoms with van der Waals surface area (Å²) in [6.45, 7) is 6.25. The standard InChI is InChI=1S/C10H20O/c1-4-7-8-10(11)9(5-2)6-3/h4,7,9-11H,5-6,8H2,1-3H3. The largest absolute Gasteiger partial charge is 0.393 e. The van der Waals surface area contributed by atoms with Crippen LogP contribution in [-0.2, 0) is 0 Å². The van der Waals surface area contributed by atoms with E-state index in [2.05, 4.69) is 13.8 Å². The summed E-state index contributed by atoms with van der Waals surface area (Å²) in [5.41, 5.74) is 0. The fourth-order valence-corrected chi connectivity index (χ4v) is 1.30. The molecule has 0 heterocycles. The Balaban J connectivity index is 3.68. The first-order chi connectivity index (χ1) is 5.26. The lowest BCUT2D eigenvalue weighted by atomic mass is 9.94. The van der Waals surface area contributed by atoms with Crippen molar-refractivity contribution in [2.24, 2.45) is 5.92 Å². The summed E-state index contributed by atoms with van der Waals surface area (Å²) in [6.07, 6.45) is 6.85. The first-order valence-electron chi connectivity index (χ1n) is 4.55. The zero-order valence-electron chi connectivity index (χ0n) is 7.88. The van der Waals surface area contributed by atoms with Gasteiger partial charge in [-0.1, -0.05) is 38.8 Å². The van der Waals surface area contributed by atoms with Crippen molar-refractivity contribution < 1.29 is 5.11 Å². The van der Waals surface area contributed by atoms with E-state index in [4.69, 9.17) is 0 Å². The van der Waals surface area contributed by atoms with Gasteiger partial charge in [0.1, 0.15) is 0 Å². The van der Waals surface area contributed by atoms with Crippen molar-refractivity contribution in [3.8, 4) is 0 Å². The molecule has 1 N–H and O–H groups in total. The molecular weight excluding hydrogens is 136 g/mol. The van der Waals surface area contributed by atoms with Crippen molar-refractivity contribution in [1.82, 2.24) is 0 Å². The Hall–Kier alpha value is -0.300. The highest BCUT2D eigenvalue weighted by Gasteiger charge is 2.12. The Kier molecular flexibility index (Phi) is 6.24. The second-order valence-corrected chi connectivity index (χ2v) is 2.95. The lowest BCUT2D eigenvalue weighted by Crippen LogP contribution is -2.17. The Bertz CT molecular complexity index is 103. The van der Waals surface area contributed by atoms with Crippen LogP contribution in [0.15, 0.2) is 12.2 Å². The van der Waals surface area contributed by atoms with Gasteiger partial charge in [0.25, 0.3) is 0 Å². The smallest absolute Gasteiger partial charge is 0.0602 e. The summed E-state index contributed by atoms with van der Waals surface area (Å²) in [6, 6.07) is 0. The van der Waals surface area contributed by atoms with Gasteiger partial charge in [-0.3, -0.25) is 0 Å². The zero-order valence-corrected chi connectivity index (χ0v) is 7.88. The summed E-state index contributed by atoms with van der Waals surface area (Å²) < 4.78 is 0. The van der Waals surface area contributed by atoms with E-state index in [-0.39, 0.29) is 6.10 Å². The molecule has 0 bridgehead atoms. The highest BCUT2D eigenvalue weighted by Crippen LogP contribution is 2.15. The maximum Gasteiger partial charge on any atom is 0.0602 e. The number of hydrogen-bond donors (Lipinski definition) is 1. The van der Waals surface area contributed by atoms with E-state index in [0.29, 0.717) is 5.92 Å². The van der Waals surface area contributed by atoms with Crippen LogP contribution in [0.3, 0.4) is 0 Å².